The molecule has 1 amide bonds. The third-order valence-corrected chi connectivity index (χ3v) is 4.08. The van der Waals surface area contributed by atoms with Crippen molar-refractivity contribution in [3.63, 3.8) is 0 Å². The van der Waals surface area contributed by atoms with Gasteiger partial charge in [0.15, 0.2) is 5.78 Å². The van der Waals surface area contributed by atoms with Crippen LogP contribution in [0.3, 0.4) is 0 Å². The predicted molar refractivity (Wildman–Crippen MR) is 94.9 cm³/mol. The van der Waals surface area contributed by atoms with Gasteiger partial charge in [-0.05, 0) is 29.8 Å². The van der Waals surface area contributed by atoms with Crippen molar-refractivity contribution in [3.05, 3.63) is 63.6 Å². The highest BCUT2D eigenvalue weighted by molar-refractivity contribution is 6.31. The first-order valence-corrected chi connectivity index (χ1v) is 8.13. The van der Waals surface area contributed by atoms with Crippen molar-refractivity contribution in [3.8, 4) is 5.75 Å². The lowest BCUT2D eigenvalue weighted by Gasteiger charge is -2.09. The molecule has 0 aliphatic carbocycles. The Labute approximate surface area is 150 Å². The Bertz CT molecular complexity index is 747. The van der Waals surface area contributed by atoms with E-state index in [0.29, 0.717) is 27.9 Å². The Balaban J connectivity index is 1.89. The van der Waals surface area contributed by atoms with Gasteiger partial charge in [0, 0.05) is 29.4 Å². The van der Waals surface area contributed by atoms with Crippen LogP contribution in [0.4, 0.5) is 0 Å². The second-order valence-electron chi connectivity index (χ2n) is 5.14. The van der Waals surface area contributed by atoms with Crippen molar-refractivity contribution in [1.29, 1.82) is 0 Å². The summed E-state index contributed by atoms with van der Waals surface area (Å²) in [6.07, 6.45) is 0.157. The minimum absolute atomic E-state index is 0.0745. The molecule has 0 heterocycles. The number of carbonyl (C=O) groups excluding carboxylic acids is 2. The summed E-state index contributed by atoms with van der Waals surface area (Å²) in [4.78, 5) is 24.2. The molecule has 2 aromatic carbocycles. The van der Waals surface area contributed by atoms with Crippen LogP contribution in [0, 0.1) is 0 Å². The number of rotatable bonds is 7. The molecule has 0 aromatic heterocycles. The van der Waals surface area contributed by atoms with E-state index in [1.54, 1.807) is 24.3 Å². The molecular weight excluding hydrogens is 349 g/mol. The van der Waals surface area contributed by atoms with E-state index < -0.39 is 0 Å². The smallest absolute Gasteiger partial charge is 0.220 e. The number of amides is 1. The van der Waals surface area contributed by atoms with E-state index >= 15 is 0 Å². The Kier molecular flexibility index (Phi) is 6.64. The summed E-state index contributed by atoms with van der Waals surface area (Å²) in [6.45, 7) is 0.327. The van der Waals surface area contributed by atoms with E-state index in [1.807, 2.05) is 18.2 Å². The molecule has 0 saturated heterocycles. The summed E-state index contributed by atoms with van der Waals surface area (Å²) in [5.74, 6) is 0.0346. The van der Waals surface area contributed by atoms with Crippen molar-refractivity contribution in [2.24, 2.45) is 0 Å². The van der Waals surface area contributed by atoms with Crippen LogP contribution in [-0.2, 0) is 11.3 Å². The fraction of sp³-hybridized carbons (Fsp3) is 0.222. The molecule has 0 unspecified atom stereocenters. The van der Waals surface area contributed by atoms with E-state index in [9.17, 15) is 9.59 Å². The van der Waals surface area contributed by atoms with Gasteiger partial charge in [-0.25, -0.2) is 0 Å². The molecule has 0 atom stereocenters. The second kappa shape index (κ2) is 8.71. The molecule has 6 heteroatoms. The van der Waals surface area contributed by atoms with Crippen molar-refractivity contribution in [2.45, 2.75) is 19.4 Å². The number of halogens is 2. The van der Waals surface area contributed by atoms with Crippen LogP contribution < -0.4 is 10.1 Å². The molecule has 24 heavy (non-hydrogen) atoms. The predicted octanol–water partition coefficient (Wildman–Crippen LogP) is 4.28. The Morgan fingerprint density at radius 2 is 1.83 bits per heavy atom. The van der Waals surface area contributed by atoms with E-state index in [0.717, 1.165) is 5.56 Å². The lowest BCUT2D eigenvalue weighted by Crippen LogP contribution is -2.23. The molecule has 0 bridgehead atoms. The largest absolute Gasteiger partial charge is 0.496 e. The summed E-state index contributed by atoms with van der Waals surface area (Å²) in [7, 11) is 1.48. The Morgan fingerprint density at radius 1 is 1.08 bits per heavy atom. The average molecular weight is 366 g/mol. The number of ketones is 1. The van der Waals surface area contributed by atoms with Crippen LogP contribution in [0.15, 0.2) is 42.5 Å². The van der Waals surface area contributed by atoms with Gasteiger partial charge in [0.05, 0.1) is 12.7 Å². The van der Waals surface area contributed by atoms with Crippen molar-refractivity contribution in [2.75, 3.05) is 7.11 Å². The van der Waals surface area contributed by atoms with Gasteiger partial charge in [-0.3, -0.25) is 9.59 Å². The summed E-state index contributed by atoms with van der Waals surface area (Å²) in [5, 5.41) is 3.80. The van der Waals surface area contributed by atoms with Gasteiger partial charge in [0.25, 0.3) is 0 Å². The standard InChI is InChI=1S/C18H17Cl2NO3/c1-24-17-8-6-13(19)10-14(17)16(22)7-9-18(23)21-11-12-4-2-3-5-15(12)20/h2-6,8,10H,7,9,11H2,1H3,(H,21,23). The zero-order valence-corrected chi connectivity index (χ0v) is 14.7. The van der Waals surface area contributed by atoms with Gasteiger partial charge in [0.2, 0.25) is 5.91 Å². The molecule has 2 aromatic rings. The molecule has 4 nitrogen and oxygen atoms in total. The van der Waals surface area contributed by atoms with Gasteiger partial charge < -0.3 is 10.1 Å². The molecule has 0 radical (unpaired) electrons. The minimum atomic E-state index is -0.218. The number of Topliss-reactive ketones (excluding diaryl/α,β-unsaturated/α-hetero) is 1. The van der Waals surface area contributed by atoms with Crippen LogP contribution in [0.5, 0.6) is 5.75 Å². The summed E-state index contributed by atoms with van der Waals surface area (Å²) in [6, 6.07) is 12.1. The third-order valence-electron chi connectivity index (χ3n) is 3.47. The summed E-state index contributed by atoms with van der Waals surface area (Å²) >= 11 is 11.9. The highest BCUT2D eigenvalue weighted by Gasteiger charge is 2.14. The maximum atomic E-state index is 12.3. The zero-order chi connectivity index (χ0) is 17.5. The van der Waals surface area contributed by atoms with Gasteiger partial charge in [0.1, 0.15) is 5.75 Å². The molecule has 0 spiro atoms. The first kappa shape index (κ1) is 18.3. The van der Waals surface area contributed by atoms with Crippen LogP contribution in [0.2, 0.25) is 10.0 Å². The first-order valence-electron chi connectivity index (χ1n) is 7.38. The fourth-order valence-corrected chi connectivity index (χ4v) is 2.56. The molecule has 0 aliphatic heterocycles. The molecule has 0 saturated carbocycles. The quantitative estimate of drug-likeness (QED) is 0.744. The van der Waals surface area contributed by atoms with Crippen LogP contribution in [0.25, 0.3) is 0 Å². The highest BCUT2D eigenvalue weighted by atomic mass is 35.5. The minimum Gasteiger partial charge on any atom is -0.496 e. The SMILES string of the molecule is COc1ccc(Cl)cc1C(=O)CCC(=O)NCc1ccccc1Cl. The lowest BCUT2D eigenvalue weighted by molar-refractivity contribution is -0.121. The Morgan fingerprint density at radius 3 is 2.54 bits per heavy atom. The van der Waals surface area contributed by atoms with Gasteiger partial charge in [-0.15, -0.1) is 0 Å². The van der Waals surface area contributed by atoms with Crippen molar-refractivity contribution >= 4 is 34.9 Å². The number of nitrogens with one attached hydrogen (secondary N) is 1. The van der Waals surface area contributed by atoms with Crippen molar-refractivity contribution in [1.82, 2.24) is 5.32 Å². The maximum absolute atomic E-state index is 12.3. The average Bonchev–Trinajstić information content (AvgIpc) is 2.59. The van der Waals surface area contributed by atoms with E-state index in [-0.39, 0.29) is 24.5 Å². The molecular formula is C18H17Cl2NO3. The third kappa shape index (κ3) is 4.98. The van der Waals surface area contributed by atoms with E-state index in [2.05, 4.69) is 5.32 Å². The van der Waals surface area contributed by atoms with Crippen LogP contribution >= 0.6 is 23.2 Å². The number of hydrogen-bond acceptors (Lipinski definition) is 3. The first-order chi connectivity index (χ1) is 11.5. The van der Waals surface area contributed by atoms with Gasteiger partial charge in [-0.1, -0.05) is 41.4 Å². The summed E-state index contributed by atoms with van der Waals surface area (Å²) in [5.41, 5.74) is 1.21. The zero-order valence-electron chi connectivity index (χ0n) is 13.1. The highest BCUT2D eigenvalue weighted by Crippen LogP contribution is 2.24. The van der Waals surface area contributed by atoms with E-state index in [4.69, 9.17) is 27.9 Å². The fourth-order valence-electron chi connectivity index (χ4n) is 2.18. The number of ether oxygens (including phenoxy) is 1. The molecule has 0 aliphatic rings. The van der Waals surface area contributed by atoms with Gasteiger partial charge in [-0.2, -0.15) is 0 Å². The molecule has 2 rings (SSSR count). The second-order valence-corrected chi connectivity index (χ2v) is 5.98. The van der Waals surface area contributed by atoms with Gasteiger partial charge >= 0.3 is 0 Å². The molecule has 126 valence electrons. The van der Waals surface area contributed by atoms with Crippen LogP contribution in [0.1, 0.15) is 28.8 Å². The maximum Gasteiger partial charge on any atom is 0.220 e. The molecule has 1 N–H and O–H groups in total. The normalized spacial score (nSPS) is 10.3. The Hall–Kier alpha value is -2.04. The number of carbonyl (C=O) groups is 2. The van der Waals surface area contributed by atoms with Crippen molar-refractivity contribution < 1.29 is 14.3 Å². The summed E-state index contributed by atoms with van der Waals surface area (Å²) < 4.78 is 5.15. The monoisotopic (exact) mass is 365 g/mol. The molecule has 0 fully saturated rings. The van der Waals surface area contributed by atoms with Crippen LogP contribution in [-0.4, -0.2) is 18.8 Å². The van der Waals surface area contributed by atoms with E-state index in [1.165, 1.54) is 7.11 Å². The number of hydrogen-bond donors (Lipinski definition) is 1. The number of benzene rings is 2. The lowest BCUT2D eigenvalue weighted by atomic mass is 10.1. The topological polar surface area (TPSA) is 55.4 Å². The number of methoxy groups -OCH3 is 1.